The Balaban J connectivity index is 2.00. The molecule has 0 radical (unpaired) electrons. The number of phenolic OH excluding ortho intramolecular Hbond substituents is 1. The van der Waals surface area contributed by atoms with Crippen molar-refractivity contribution < 1.29 is 14.7 Å². The molecular weight excluding hydrogens is 254 g/mol. The molecule has 0 unspecified atom stereocenters. The second kappa shape index (κ2) is 5.01. The Kier molecular flexibility index (Phi) is 3.05. The van der Waals surface area contributed by atoms with Crippen molar-refractivity contribution in [1.29, 1.82) is 0 Å². The van der Waals surface area contributed by atoms with Crippen molar-refractivity contribution >= 4 is 17.8 Å². The molecule has 0 atom stereocenters. The van der Waals surface area contributed by atoms with E-state index in [1.54, 1.807) is 30.3 Å². The van der Waals surface area contributed by atoms with Crippen molar-refractivity contribution in [2.45, 2.75) is 0 Å². The summed E-state index contributed by atoms with van der Waals surface area (Å²) in [5, 5.41) is 13.1. The lowest BCUT2D eigenvalue weighted by Gasteiger charge is -2.00. The highest BCUT2D eigenvalue weighted by atomic mass is 16.7. The molecule has 1 aliphatic heterocycles. The first-order valence-corrected chi connectivity index (χ1v) is 6.10. The predicted octanol–water partition coefficient (Wildman–Crippen LogP) is 2.74. The topological polar surface area (TPSA) is 58.9 Å². The second-order valence-electron chi connectivity index (χ2n) is 4.33. The van der Waals surface area contributed by atoms with E-state index in [2.05, 4.69) is 5.16 Å². The van der Waals surface area contributed by atoms with Crippen LogP contribution in [-0.4, -0.2) is 16.8 Å². The van der Waals surface area contributed by atoms with Gasteiger partial charge in [0.05, 0.1) is 5.57 Å². The van der Waals surface area contributed by atoms with E-state index in [-0.39, 0.29) is 5.75 Å². The molecule has 2 aromatic carbocycles. The van der Waals surface area contributed by atoms with Crippen molar-refractivity contribution in [3.8, 4) is 5.75 Å². The molecule has 0 aliphatic carbocycles. The maximum atomic E-state index is 11.8. The van der Waals surface area contributed by atoms with Crippen LogP contribution in [0.25, 0.3) is 6.08 Å². The Morgan fingerprint density at radius 1 is 1.00 bits per heavy atom. The van der Waals surface area contributed by atoms with Crippen molar-refractivity contribution in [3.05, 3.63) is 71.3 Å². The van der Waals surface area contributed by atoms with Crippen LogP contribution in [-0.2, 0) is 9.63 Å². The average Bonchev–Trinajstić information content (AvgIpc) is 2.84. The van der Waals surface area contributed by atoms with E-state index in [4.69, 9.17) is 4.84 Å². The molecule has 20 heavy (non-hydrogen) atoms. The summed E-state index contributed by atoms with van der Waals surface area (Å²) in [4.78, 5) is 16.5. The van der Waals surface area contributed by atoms with Crippen LogP contribution in [0.3, 0.4) is 0 Å². The lowest BCUT2D eigenvalue weighted by molar-refractivity contribution is -0.136. The molecule has 98 valence electrons. The van der Waals surface area contributed by atoms with Gasteiger partial charge in [0.25, 0.3) is 0 Å². The summed E-state index contributed by atoms with van der Waals surface area (Å²) in [5.74, 6) is -0.296. The first-order valence-electron chi connectivity index (χ1n) is 6.10. The quantitative estimate of drug-likeness (QED) is 0.671. The number of hydrogen-bond acceptors (Lipinski definition) is 4. The Morgan fingerprint density at radius 3 is 2.40 bits per heavy atom. The standard InChI is InChI=1S/C16H11NO3/c18-13-8-6-11(7-9-13)10-14-15(17-20-16(14)19)12-4-2-1-3-5-12/h1-10,18H/b14-10+. The maximum Gasteiger partial charge on any atom is 0.368 e. The van der Waals surface area contributed by atoms with E-state index in [1.165, 1.54) is 0 Å². The van der Waals surface area contributed by atoms with Gasteiger partial charge in [-0.1, -0.05) is 47.6 Å². The summed E-state index contributed by atoms with van der Waals surface area (Å²) in [5.41, 5.74) is 2.54. The van der Waals surface area contributed by atoms with E-state index in [0.717, 1.165) is 11.1 Å². The zero-order chi connectivity index (χ0) is 13.9. The SMILES string of the molecule is O=C1ON=C(c2ccccc2)/C1=C\c1ccc(O)cc1. The lowest BCUT2D eigenvalue weighted by Crippen LogP contribution is -2.06. The van der Waals surface area contributed by atoms with Gasteiger partial charge in [0.1, 0.15) is 11.5 Å². The summed E-state index contributed by atoms with van der Waals surface area (Å²) in [6.45, 7) is 0. The van der Waals surface area contributed by atoms with Crippen LogP contribution in [0.15, 0.2) is 65.3 Å². The molecule has 0 spiro atoms. The van der Waals surface area contributed by atoms with Crippen LogP contribution in [0.5, 0.6) is 5.75 Å². The van der Waals surface area contributed by atoms with Crippen LogP contribution in [0.2, 0.25) is 0 Å². The van der Waals surface area contributed by atoms with Gasteiger partial charge in [0, 0.05) is 5.56 Å². The van der Waals surface area contributed by atoms with E-state index >= 15 is 0 Å². The molecule has 2 aromatic rings. The minimum atomic E-state index is -0.475. The monoisotopic (exact) mass is 265 g/mol. The molecule has 0 fully saturated rings. The normalized spacial score (nSPS) is 16.1. The molecule has 0 amide bonds. The Hall–Kier alpha value is -2.88. The van der Waals surface area contributed by atoms with Gasteiger partial charge < -0.3 is 9.94 Å². The van der Waals surface area contributed by atoms with Gasteiger partial charge in [-0.2, -0.15) is 0 Å². The summed E-state index contributed by atoms with van der Waals surface area (Å²) in [7, 11) is 0. The van der Waals surface area contributed by atoms with Gasteiger partial charge in [-0.05, 0) is 23.8 Å². The number of phenols is 1. The van der Waals surface area contributed by atoms with Crippen molar-refractivity contribution in [2.24, 2.45) is 5.16 Å². The van der Waals surface area contributed by atoms with Crippen molar-refractivity contribution in [3.63, 3.8) is 0 Å². The summed E-state index contributed by atoms with van der Waals surface area (Å²) >= 11 is 0. The predicted molar refractivity (Wildman–Crippen MR) is 75.2 cm³/mol. The molecule has 4 heteroatoms. The zero-order valence-electron chi connectivity index (χ0n) is 10.5. The third kappa shape index (κ3) is 2.31. The average molecular weight is 265 g/mol. The summed E-state index contributed by atoms with van der Waals surface area (Å²) in [6, 6.07) is 15.9. The number of aromatic hydroxyl groups is 1. The largest absolute Gasteiger partial charge is 0.508 e. The van der Waals surface area contributed by atoms with E-state index in [9.17, 15) is 9.90 Å². The van der Waals surface area contributed by atoms with Crippen LogP contribution in [0.1, 0.15) is 11.1 Å². The molecule has 1 heterocycles. The fourth-order valence-electron chi connectivity index (χ4n) is 1.95. The number of hydrogen-bond donors (Lipinski definition) is 1. The van der Waals surface area contributed by atoms with E-state index in [1.807, 2.05) is 30.3 Å². The lowest BCUT2D eigenvalue weighted by atomic mass is 10.0. The van der Waals surface area contributed by atoms with Gasteiger partial charge in [0.15, 0.2) is 0 Å². The second-order valence-corrected chi connectivity index (χ2v) is 4.33. The Morgan fingerprint density at radius 2 is 1.70 bits per heavy atom. The first-order chi connectivity index (χ1) is 9.74. The van der Waals surface area contributed by atoms with E-state index in [0.29, 0.717) is 11.3 Å². The Labute approximate surface area is 115 Å². The minimum Gasteiger partial charge on any atom is -0.508 e. The van der Waals surface area contributed by atoms with Gasteiger partial charge in [-0.3, -0.25) is 0 Å². The number of carbonyl (C=O) groups is 1. The molecule has 0 saturated carbocycles. The van der Waals surface area contributed by atoms with Gasteiger partial charge in [0.2, 0.25) is 0 Å². The zero-order valence-corrected chi connectivity index (χ0v) is 10.5. The number of nitrogens with zero attached hydrogens (tertiary/aromatic N) is 1. The highest BCUT2D eigenvalue weighted by Gasteiger charge is 2.26. The minimum absolute atomic E-state index is 0.179. The van der Waals surface area contributed by atoms with Gasteiger partial charge in [-0.15, -0.1) is 0 Å². The molecular formula is C16H11NO3. The summed E-state index contributed by atoms with van der Waals surface area (Å²) < 4.78 is 0. The van der Waals surface area contributed by atoms with E-state index < -0.39 is 5.97 Å². The fourth-order valence-corrected chi connectivity index (χ4v) is 1.95. The number of benzene rings is 2. The number of carbonyl (C=O) groups excluding carboxylic acids is 1. The van der Waals surface area contributed by atoms with Crippen LogP contribution >= 0.6 is 0 Å². The van der Waals surface area contributed by atoms with Gasteiger partial charge in [-0.25, -0.2) is 4.79 Å². The highest BCUT2D eigenvalue weighted by Crippen LogP contribution is 2.21. The molecule has 1 N–H and O–H groups in total. The number of oxime groups is 1. The smallest absolute Gasteiger partial charge is 0.368 e. The third-order valence-electron chi connectivity index (χ3n) is 2.95. The molecule has 0 aromatic heterocycles. The molecule has 1 aliphatic rings. The Bertz CT molecular complexity index is 700. The van der Waals surface area contributed by atoms with Crippen molar-refractivity contribution in [2.75, 3.05) is 0 Å². The summed E-state index contributed by atoms with van der Waals surface area (Å²) in [6.07, 6.45) is 1.70. The first kappa shape index (κ1) is 12.2. The molecule has 0 bridgehead atoms. The third-order valence-corrected chi connectivity index (χ3v) is 2.95. The van der Waals surface area contributed by atoms with Crippen molar-refractivity contribution in [1.82, 2.24) is 0 Å². The molecule has 0 saturated heterocycles. The fraction of sp³-hybridized carbons (Fsp3) is 0. The molecule has 4 nitrogen and oxygen atoms in total. The molecule has 3 rings (SSSR count). The highest BCUT2D eigenvalue weighted by molar-refractivity contribution is 6.31. The van der Waals surface area contributed by atoms with Gasteiger partial charge >= 0.3 is 5.97 Å². The van der Waals surface area contributed by atoms with Crippen LogP contribution in [0.4, 0.5) is 0 Å². The number of rotatable bonds is 2. The maximum absolute atomic E-state index is 11.8. The van der Waals surface area contributed by atoms with Crippen LogP contribution in [0, 0.1) is 0 Å². The van der Waals surface area contributed by atoms with Crippen LogP contribution < -0.4 is 0 Å².